The van der Waals surface area contributed by atoms with Gasteiger partial charge in [-0.05, 0) is 83.9 Å². The SMILES string of the molecule is c1ccc(-n2c3ccccc3c3cc(-n4c5ccccc5c5ccc(-c6ccc7c8ccccc8n(-c8ccccc8)c7c6)cc54)ccc32)cc1. The normalized spacial score (nSPS) is 11.9. The van der Waals surface area contributed by atoms with Crippen LogP contribution in [0.1, 0.15) is 0 Å². The minimum absolute atomic E-state index is 1.15. The van der Waals surface area contributed by atoms with E-state index in [1.807, 2.05) is 0 Å². The molecule has 0 saturated heterocycles. The Balaban J connectivity index is 1.14. The van der Waals surface area contributed by atoms with Crippen molar-refractivity contribution in [1.82, 2.24) is 13.7 Å². The summed E-state index contributed by atoms with van der Waals surface area (Å²) in [7, 11) is 0. The number of hydrogen-bond donors (Lipinski definition) is 0. The van der Waals surface area contributed by atoms with E-state index in [2.05, 4.69) is 202 Å². The lowest BCUT2D eigenvalue weighted by Gasteiger charge is -2.11. The molecule has 0 unspecified atom stereocenters. The van der Waals surface area contributed by atoms with Gasteiger partial charge in [0.25, 0.3) is 0 Å². The Morgan fingerprint density at radius 3 is 1.10 bits per heavy atom. The molecule has 51 heavy (non-hydrogen) atoms. The Morgan fingerprint density at radius 2 is 0.588 bits per heavy atom. The van der Waals surface area contributed by atoms with E-state index in [1.165, 1.54) is 87.9 Å². The van der Waals surface area contributed by atoms with Crippen molar-refractivity contribution >= 4 is 65.4 Å². The molecule has 0 radical (unpaired) electrons. The van der Waals surface area contributed by atoms with Crippen molar-refractivity contribution in [3.8, 4) is 28.2 Å². The largest absolute Gasteiger partial charge is 0.309 e. The van der Waals surface area contributed by atoms with E-state index >= 15 is 0 Å². The van der Waals surface area contributed by atoms with Crippen molar-refractivity contribution in [3.63, 3.8) is 0 Å². The second-order valence-electron chi connectivity index (χ2n) is 13.4. The highest BCUT2D eigenvalue weighted by molar-refractivity contribution is 6.13. The Hall–Kier alpha value is -6.84. The summed E-state index contributed by atoms with van der Waals surface area (Å²) in [6.07, 6.45) is 0. The molecule has 0 saturated carbocycles. The average molecular weight is 650 g/mol. The quantitative estimate of drug-likeness (QED) is 0.180. The fraction of sp³-hybridized carbons (Fsp3) is 0. The summed E-state index contributed by atoms with van der Waals surface area (Å²) in [5.41, 5.74) is 13.1. The van der Waals surface area contributed by atoms with Crippen molar-refractivity contribution in [1.29, 1.82) is 0 Å². The molecule has 3 heteroatoms. The van der Waals surface area contributed by atoms with Crippen molar-refractivity contribution in [2.45, 2.75) is 0 Å². The third-order valence-corrected chi connectivity index (χ3v) is 10.6. The highest BCUT2D eigenvalue weighted by Gasteiger charge is 2.18. The van der Waals surface area contributed by atoms with Gasteiger partial charge in [0.1, 0.15) is 0 Å². The van der Waals surface area contributed by atoms with Crippen molar-refractivity contribution in [2.75, 3.05) is 0 Å². The van der Waals surface area contributed by atoms with Crippen LogP contribution in [0.2, 0.25) is 0 Å². The predicted molar refractivity (Wildman–Crippen MR) is 215 cm³/mol. The van der Waals surface area contributed by atoms with Gasteiger partial charge in [0.15, 0.2) is 0 Å². The van der Waals surface area contributed by atoms with Crippen LogP contribution in [-0.2, 0) is 0 Å². The molecule has 0 atom stereocenters. The van der Waals surface area contributed by atoms with Crippen molar-refractivity contribution in [3.05, 3.63) is 188 Å². The molecule has 0 aliphatic rings. The zero-order valence-electron chi connectivity index (χ0n) is 27.7. The molecule has 0 fully saturated rings. The minimum Gasteiger partial charge on any atom is -0.309 e. The maximum absolute atomic E-state index is 2.45. The van der Waals surface area contributed by atoms with Crippen LogP contribution in [-0.4, -0.2) is 13.7 Å². The average Bonchev–Trinajstić information content (AvgIpc) is 3.83. The topological polar surface area (TPSA) is 14.8 Å². The van der Waals surface area contributed by atoms with E-state index in [9.17, 15) is 0 Å². The first kappa shape index (κ1) is 28.0. The molecule has 238 valence electrons. The Kier molecular flexibility index (Phi) is 5.96. The highest BCUT2D eigenvalue weighted by Crippen LogP contribution is 2.39. The van der Waals surface area contributed by atoms with Crippen LogP contribution in [0.25, 0.3) is 93.6 Å². The maximum Gasteiger partial charge on any atom is 0.0547 e. The summed E-state index contributed by atoms with van der Waals surface area (Å²) >= 11 is 0. The molecule has 0 N–H and O–H groups in total. The summed E-state index contributed by atoms with van der Waals surface area (Å²) in [6, 6.07) is 68.5. The van der Waals surface area contributed by atoms with E-state index in [0.29, 0.717) is 0 Å². The second-order valence-corrected chi connectivity index (χ2v) is 13.4. The third kappa shape index (κ3) is 4.12. The molecule has 0 aliphatic heterocycles. The monoisotopic (exact) mass is 649 g/mol. The zero-order chi connectivity index (χ0) is 33.5. The van der Waals surface area contributed by atoms with Crippen LogP contribution >= 0.6 is 0 Å². The Labute approximate surface area is 294 Å². The van der Waals surface area contributed by atoms with Crippen LogP contribution in [0.4, 0.5) is 0 Å². The zero-order valence-corrected chi connectivity index (χ0v) is 27.7. The lowest BCUT2D eigenvalue weighted by atomic mass is 10.0. The number of aromatic nitrogens is 3. The summed E-state index contributed by atoms with van der Waals surface area (Å²) in [4.78, 5) is 0. The van der Waals surface area contributed by atoms with E-state index in [-0.39, 0.29) is 0 Å². The van der Waals surface area contributed by atoms with Gasteiger partial charge in [0.2, 0.25) is 0 Å². The first-order valence-corrected chi connectivity index (χ1v) is 17.5. The van der Waals surface area contributed by atoms with Crippen LogP contribution in [0, 0.1) is 0 Å². The van der Waals surface area contributed by atoms with Gasteiger partial charge in [0, 0.05) is 49.4 Å². The third-order valence-electron chi connectivity index (χ3n) is 10.6. The summed E-state index contributed by atoms with van der Waals surface area (Å²) in [5.74, 6) is 0. The van der Waals surface area contributed by atoms with Gasteiger partial charge < -0.3 is 13.7 Å². The molecule has 8 aromatic carbocycles. The first-order chi connectivity index (χ1) is 25.3. The summed E-state index contributed by atoms with van der Waals surface area (Å²) in [5, 5.41) is 7.53. The van der Waals surface area contributed by atoms with E-state index in [0.717, 1.165) is 5.69 Å². The van der Waals surface area contributed by atoms with E-state index in [1.54, 1.807) is 0 Å². The van der Waals surface area contributed by atoms with Crippen LogP contribution in [0.5, 0.6) is 0 Å². The molecular formula is C48H31N3. The van der Waals surface area contributed by atoms with Crippen LogP contribution < -0.4 is 0 Å². The molecule has 3 aromatic heterocycles. The van der Waals surface area contributed by atoms with Crippen LogP contribution in [0.15, 0.2) is 188 Å². The number of nitrogens with zero attached hydrogens (tertiary/aromatic N) is 3. The molecular weight excluding hydrogens is 619 g/mol. The number of hydrogen-bond acceptors (Lipinski definition) is 0. The summed E-state index contributed by atoms with van der Waals surface area (Å²) < 4.78 is 7.22. The fourth-order valence-electron chi connectivity index (χ4n) is 8.39. The lowest BCUT2D eigenvalue weighted by molar-refractivity contribution is 1.16. The van der Waals surface area contributed by atoms with Gasteiger partial charge in [-0.15, -0.1) is 0 Å². The molecule has 3 nitrogen and oxygen atoms in total. The van der Waals surface area contributed by atoms with Gasteiger partial charge in [0.05, 0.1) is 33.1 Å². The van der Waals surface area contributed by atoms with Gasteiger partial charge in [-0.3, -0.25) is 0 Å². The number of fused-ring (bicyclic) bond motifs is 9. The molecule has 0 amide bonds. The first-order valence-electron chi connectivity index (χ1n) is 17.5. The predicted octanol–water partition coefficient (Wildman–Crippen LogP) is 12.6. The molecule has 0 spiro atoms. The molecule has 0 aliphatic carbocycles. The second kappa shape index (κ2) is 10.8. The number of benzene rings is 8. The van der Waals surface area contributed by atoms with Gasteiger partial charge >= 0.3 is 0 Å². The van der Waals surface area contributed by atoms with Gasteiger partial charge in [-0.25, -0.2) is 0 Å². The Morgan fingerprint density at radius 1 is 0.216 bits per heavy atom. The summed E-state index contributed by atoms with van der Waals surface area (Å²) in [6.45, 7) is 0. The number of para-hydroxylation sites is 5. The van der Waals surface area contributed by atoms with Gasteiger partial charge in [-0.1, -0.05) is 115 Å². The van der Waals surface area contributed by atoms with Crippen LogP contribution in [0.3, 0.4) is 0 Å². The molecule has 3 heterocycles. The number of rotatable bonds is 4. The van der Waals surface area contributed by atoms with Crippen molar-refractivity contribution < 1.29 is 0 Å². The van der Waals surface area contributed by atoms with E-state index < -0.39 is 0 Å². The minimum atomic E-state index is 1.15. The molecule has 0 bridgehead atoms. The van der Waals surface area contributed by atoms with Gasteiger partial charge in [-0.2, -0.15) is 0 Å². The van der Waals surface area contributed by atoms with E-state index in [4.69, 9.17) is 0 Å². The highest BCUT2D eigenvalue weighted by atomic mass is 15.0. The molecule has 11 aromatic rings. The maximum atomic E-state index is 2.45. The smallest absolute Gasteiger partial charge is 0.0547 e. The standard InChI is InChI=1S/C48H31N3/c1-3-13-34(14-4-1)49-45-22-12-9-19-39(45)42-31-36(25-28-46(42)49)51-44-21-11-8-18-38(44)41-27-24-33(30-48(41)51)32-23-26-40-37-17-7-10-20-43(37)50(47(40)29-32)35-15-5-2-6-16-35/h1-31H. The Bertz CT molecular complexity index is 3120. The van der Waals surface area contributed by atoms with Crippen molar-refractivity contribution in [2.24, 2.45) is 0 Å². The molecule has 11 rings (SSSR count). The lowest BCUT2D eigenvalue weighted by Crippen LogP contribution is -1.96. The fourth-order valence-corrected chi connectivity index (χ4v) is 8.39.